The molecule has 0 saturated carbocycles. The van der Waals surface area contributed by atoms with Crippen LogP contribution in [0.15, 0.2) is 47.7 Å². The largest absolute Gasteiger partial charge is 0.536 e. The predicted octanol–water partition coefficient (Wildman–Crippen LogP) is -1.65. The standard InChI is InChI=1S/C17H19N4O18P3/c22-8-12-14(23)16(25,17(26,36-12)20-3-1-13-18-2-4-19(13)15(20)24)9-5-10(21(27)28)7-11(6-9)37-41(32,33)39-42(34,35)38-40(29,30)31/h1-7,12,14,22-23,25-26H,8H2,(H,32,33)(H,34,35)(H2,29,30,31)/t12-,14-,16-,17-/m1/s1. The van der Waals surface area contributed by atoms with E-state index >= 15 is 0 Å². The van der Waals surface area contributed by atoms with Gasteiger partial charge < -0.3 is 44.4 Å². The molecular weight excluding hydrogens is 641 g/mol. The molecule has 0 amide bonds. The molecule has 1 saturated heterocycles. The van der Waals surface area contributed by atoms with E-state index in [4.69, 9.17) is 14.5 Å². The minimum atomic E-state index is -6.01. The number of benzene rings is 1. The summed E-state index contributed by atoms with van der Waals surface area (Å²) in [7, 11) is -17.7. The molecule has 4 rings (SSSR count). The Labute approximate surface area is 230 Å². The van der Waals surface area contributed by atoms with Gasteiger partial charge in [-0.2, -0.15) is 8.62 Å². The highest BCUT2D eigenvalue weighted by Crippen LogP contribution is 2.66. The van der Waals surface area contributed by atoms with Crippen LogP contribution in [0, 0.1) is 10.1 Å². The summed E-state index contributed by atoms with van der Waals surface area (Å²) >= 11 is 0. The summed E-state index contributed by atoms with van der Waals surface area (Å²) in [6.07, 6.45) is -1.01. The molecule has 25 heteroatoms. The number of ether oxygens (including phenoxy) is 1. The van der Waals surface area contributed by atoms with Gasteiger partial charge in [-0.05, 0) is 12.1 Å². The summed E-state index contributed by atoms with van der Waals surface area (Å²) in [5.74, 6) is -4.49. The van der Waals surface area contributed by atoms with Gasteiger partial charge in [-0.1, -0.05) is 0 Å². The molecule has 2 aromatic heterocycles. The Balaban J connectivity index is 1.86. The molecule has 1 aliphatic rings. The maximum Gasteiger partial charge on any atom is 0.536 e. The molecule has 1 aliphatic heterocycles. The minimum Gasteiger partial charge on any atom is -0.404 e. The fourth-order valence-electron chi connectivity index (χ4n) is 4.11. The van der Waals surface area contributed by atoms with Crippen LogP contribution in [0.25, 0.3) is 5.65 Å². The number of nitrogens with zero attached hydrogens (tertiary/aromatic N) is 4. The highest BCUT2D eigenvalue weighted by Gasteiger charge is 2.68. The Kier molecular flexibility index (Phi) is 8.13. The zero-order valence-electron chi connectivity index (χ0n) is 20.2. The van der Waals surface area contributed by atoms with Crippen molar-refractivity contribution in [2.24, 2.45) is 0 Å². The first-order valence-electron chi connectivity index (χ1n) is 10.8. The van der Waals surface area contributed by atoms with Crippen molar-refractivity contribution in [2.75, 3.05) is 6.61 Å². The number of aromatic nitrogens is 3. The van der Waals surface area contributed by atoms with E-state index in [0.29, 0.717) is 22.8 Å². The number of rotatable bonds is 10. The lowest BCUT2D eigenvalue weighted by Gasteiger charge is -2.38. The average Bonchev–Trinajstić information content (AvgIpc) is 3.40. The molecule has 0 radical (unpaired) electrons. The van der Waals surface area contributed by atoms with Crippen LogP contribution in [-0.2, 0) is 38.6 Å². The van der Waals surface area contributed by atoms with Gasteiger partial charge >= 0.3 is 29.2 Å². The molecular formula is C17H19N4O18P3. The third kappa shape index (κ3) is 5.82. The van der Waals surface area contributed by atoms with Gasteiger partial charge in [-0.15, -0.1) is 0 Å². The fourth-order valence-corrected chi connectivity index (χ4v) is 7.12. The van der Waals surface area contributed by atoms with E-state index in [0.717, 1.165) is 22.9 Å². The number of hydrogen-bond acceptors (Lipinski definition) is 15. The summed E-state index contributed by atoms with van der Waals surface area (Å²) in [6.45, 7) is -1.09. The number of fused-ring (bicyclic) bond motifs is 1. The number of imidazole rings is 1. The van der Waals surface area contributed by atoms with Gasteiger partial charge in [0, 0.05) is 30.2 Å². The van der Waals surface area contributed by atoms with Crippen LogP contribution in [0.4, 0.5) is 5.69 Å². The monoisotopic (exact) mass is 660 g/mol. The van der Waals surface area contributed by atoms with E-state index in [2.05, 4.69) is 18.1 Å². The van der Waals surface area contributed by atoms with Gasteiger partial charge in [0.1, 0.15) is 23.6 Å². The van der Waals surface area contributed by atoms with E-state index in [1.807, 2.05) is 0 Å². The second-order valence-electron chi connectivity index (χ2n) is 8.44. The van der Waals surface area contributed by atoms with Crippen LogP contribution >= 0.6 is 23.5 Å². The topological polar surface area (TPSA) is 332 Å². The van der Waals surface area contributed by atoms with Crippen molar-refractivity contribution in [3.8, 4) is 5.75 Å². The molecule has 22 nitrogen and oxygen atoms in total. The van der Waals surface area contributed by atoms with Gasteiger partial charge in [0.25, 0.3) is 11.6 Å². The maximum absolute atomic E-state index is 13.1. The number of phosphoric acid groups is 3. The molecule has 42 heavy (non-hydrogen) atoms. The second-order valence-corrected chi connectivity index (χ2v) is 12.8. The van der Waals surface area contributed by atoms with Crippen molar-refractivity contribution < 1.29 is 76.5 Å². The minimum absolute atomic E-state index is 0.0641. The lowest BCUT2D eigenvalue weighted by molar-refractivity contribution is -0.385. The van der Waals surface area contributed by atoms with E-state index in [1.54, 1.807) is 0 Å². The van der Waals surface area contributed by atoms with Gasteiger partial charge in [0.15, 0.2) is 5.60 Å². The van der Waals surface area contributed by atoms with Crippen molar-refractivity contribution in [1.29, 1.82) is 0 Å². The first-order valence-corrected chi connectivity index (χ1v) is 15.4. The third-order valence-corrected chi connectivity index (χ3v) is 9.50. The first kappa shape index (κ1) is 32.0. The molecule has 2 unspecified atom stereocenters. The zero-order valence-corrected chi connectivity index (χ0v) is 22.9. The van der Waals surface area contributed by atoms with Crippen LogP contribution in [0.2, 0.25) is 0 Å². The number of nitro benzene ring substituents is 1. The number of hydrogen-bond donors (Lipinski definition) is 8. The lowest BCUT2D eigenvalue weighted by atomic mass is 9.84. The summed E-state index contributed by atoms with van der Waals surface area (Å²) in [5.41, 5.74) is -6.40. The van der Waals surface area contributed by atoms with Crippen LogP contribution in [0.5, 0.6) is 5.75 Å². The highest BCUT2D eigenvalue weighted by atomic mass is 31.3. The summed E-state index contributed by atoms with van der Waals surface area (Å²) < 4.78 is 53.0. The number of non-ortho nitro benzene ring substituents is 1. The summed E-state index contributed by atoms with van der Waals surface area (Å²) in [6, 6.07) is 2.56. The van der Waals surface area contributed by atoms with Crippen molar-refractivity contribution in [3.05, 3.63) is 69.0 Å². The van der Waals surface area contributed by atoms with Crippen molar-refractivity contribution in [1.82, 2.24) is 14.0 Å². The third-order valence-electron chi connectivity index (χ3n) is 5.73. The normalized spacial score (nSPS) is 27.4. The van der Waals surface area contributed by atoms with Crippen LogP contribution in [-0.4, -0.2) is 77.7 Å². The smallest absolute Gasteiger partial charge is 0.404 e. The van der Waals surface area contributed by atoms with Gasteiger partial charge in [-0.25, -0.2) is 28.0 Å². The lowest BCUT2D eigenvalue weighted by Crippen LogP contribution is -2.58. The van der Waals surface area contributed by atoms with Crippen molar-refractivity contribution in [3.63, 3.8) is 0 Å². The fraction of sp³-hybridized carbons (Fsp3) is 0.294. The molecule has 3 aromatic rings. The second kappa shape index (κ2) is 10.7. The number of aliphatic hydroxyl groups is 4. The van der Waals surface area contributed by atoms with Gasteiger partial charge in [-0.3, -0.25) is 19.4 Å². The molecule has 0 bridgehead atoms. The van der Waals surface area contributed by atoms with E-state index in [1.165, 1.54) is 6.20 Å². The van der Waals surface area contributed by atoms with Gasteiger partial charge in [0.05, 0.1) is 17.6 Å². The Morgan fingerprint density at radius 3 is 2.33 bits per heavy atom. The SMILES string of the molecule is O=c1n([C@]2(O)O[C@H](CO)[C@@H](O)[C@]2(O)c2cc(OP(=O)(O)OP(=O)(O)OP(=O)(O)O)cc([N+](=O)[O-])c2)ccc2nccn12. The number of nitro groups is 1. The molecule has 0 aliphatic carbocycles. The highest BCUT2D eigenvalue weighted by molar-refractivity contribution is 7.66. The van der Waals surface area contributed by atoms with Crippen LogP contribution in [0.1, 0.15) is 5.56 Å². The number of phosphoric ester groups is 1. The zero-order chi connectivity index (χ0) is 31.5. The molecule has 8 N–H and O–H groups in total. The van der Waals surface area contributed by atoms with Crippen molar-refractivity contribution in [2.45, 2.75) is 23.7 Å². The predicted molar refractivity (Wildman–Crippen MR) is 129 cm³/mol. The average molecular weight is 660 g/mol. The summed E-state index contributed by atoms with van der Waals surface area (Å²) in [4.78, 5) is 64.0. The Morgan fingerprint density at radius 1 is 1.07 bits per heavy atom. The quantitative estimate of drug-likeness (QED) is 0.0686. The molecule has 6 atom stereocenters. The van der Waals surface area contributed by atoms with Crippen molar-refractivity contribution >= 4 is 34.8 Å². The van der Waals surface area contributed by atoms with Crippen LogP contribution < -0.4 is 10.2 Å². The molecule has 3 heterocycles. The Hall–Kier alpha value is -2.91. The number of aliphatic hydroxyl groups excluding tert-OH is 2. The molecule has 1 fully saturated rings. The van der Waals surface area contributed by atoms with Crippen LogP contribution in [0.3, 0.4) is 0 Å². The Bertz CT molecular complexity index is 1750. The molecule has 1 aromatic carbocycles. The molecule has 230 valence electrons. The van der Waals surface area contributed by atoms with E-state index < -0.39 is 81.4 Å². The van der Waals surface area contributed by atoms with E-state index in [-0.39, 0.29) is 5.65 Å². The van der Waals surface area contributed by atoms with E-state index in [9.17, 15) is 58.8 Å². The molecule has 0 spiro atoms. The van der Waals surface area contributed by atoms with Gasteiger partial charge in [0.2, 0.25) is 0 Å². The maximum atomic E-state index is 13.1. The Morgan fingerprint density at radius 2 is 1.74 bits per heavy atom. The first-order chi connectivity index (χ1) is 19.2. The summed E-state index contributed by atoms with van der Waals surface area (Å²) in [5, 5.41) is 55.6.